The Hall–Kier alpha value is -3.77. The van der Waals surface area contributed by atoms with Gasteiger partial charge in [-0.3, -0.25) is 4.79 Å². The van der Waals surface area contributed by atoms with Crippen LogP contribution in [0.1, 0.15) is 5.56 Å². The molecule has 0 fully saturated rings. The zero-order valence-corrected chi connectivity index (χ0v) is 16.7. The number of hydrogen-bond donors (Lipinski definition) is 0. The molecule has 0 aliphatic heterocycles. The minimum absolute atomic E-state index is 0.234. The Morgan fingerprint density at radius 2 is 1.70 bits per heavy atom. The van der Waals surface area contributed by atoms with Crippen LogP contribution in [0, 0.1) is 6.92 Å². The number of benzene rings is 3. The molecule has 5 aromatic rings. The molecule has 0 N–H and O–H groups in total. The van der Waals surface area contributed by atoms with E-state index in [1.54, 1.807) is 36.4 Å². The van der Waals surface area contributed by atoms with Crippen molar-refractivity contribution in [3.05, 3.63) is 93.7 Å². The monoisotopic (exact) mass is 414 g/mol. The molecule has 3 aromatic carbocycles. The van der Waals surface area contributed by atoms with E-state index in [1.807, 2.05) is 43.3 Å². The molecule has 0 saturated heterocycles. The highest BCUT2D eigenvalue weighted by atomic mass is 35.5. The van der Waals surface area contributed by atoms with Crippen molar-refractivity contribution in [2.24, 2.45) is 0 Å². The molecule has 2 aromatic heterocycles. The van der Waals surface area contributed by atoms with Gasteiger partial charge < -0.3 is 4.52 Å². The van der Waals surface area contributed by atoms with Gasteiger partial charge in [0.15, 0.2) is 5.69 Å². The number of fused-ring (bicyclic) bond motifs is 1. The third-order valence-electron chi connectivity index (χ3n) is 4.80. The van der Waals surface area contributed by atoms with E-state index in [4.69, 9.17) is 16.1 Å². The van der Waals surface area contributed by atoms with E-state index in [0.29, 0.717) is 33.0 Å². The summed E-state index contributed by atoms with van der Waals surface area (Å²) in [4.78, 5) is 17.6. The molecular weight excluding hydrogens is 400 g/mol. The molecule has 0 radical (unpaired) electrons. The minimum atomic E-state index is -0.255. The first-order valence-corrected chi connectivity index (χ1v) is 9.67. The second-order valence-corrected chi connectivity index (χ2v) is 7.32. The van der Waals surface area contributed by atoms with Crippen molar-refractivity contribution in [2.75, 3.05) is 0 Å². The fourth-order valence-corrected chi connectivity index (χ4v) is 3.45. The molecule has 30 heavy (non-hydrogen) atoms. The summed E-state index contributed by atoms with van der Waals surface area (Å²) in [6.45, 7) is 2.01. The van der Waals surface area contributed by atoms with Crippen molar-refractivity contribution in [1.82, 2.24) is 19.9 Å². The highest BCUT2D eigenvalue weighted by Gasteiger charge is 2.19. The van der Waals surface area contributed by atoms with Gasteiger partial charge in [0.1, 0.15) is 0 Å². The molecule has 0 aliphatic rings. The maximum absolute atomic E-state index is 13.1. The van der Waals surface area contributed by atoms with Gasteiger partial charge in [-0.2, -0.15) is 14.8 Å². The van der Waals surface area contributed by atoms with E-state index in [-0.39, 0.29) is 11.4 Å². The summed E-state index contributed by atoms with van der Waals surface area (Å²) in [6, 6.07) is 22.0. The second kappa shape index (κ2) is 7.24. The largest absolute Gasteiger partial charge is 0.332 e. The summed E-state index contributed by atoms with van der Waals surface area (Å²) in [7, 11) is 0. The number of rotatable bonds is 3. The third-order valence-corrected chi connectivity index (χ3v) is 5.03. The van der Waals surface area contributed by atoms with Gasteiger partial charge in [-0.1, -0.05) is 70.9 Å². The Bertz CT molecular complexity index is 1440. The quantitative estimate of drug-likeness (QED) is 0.412. The maximum Gasteiger partial charge on any atom is 0.279 e. The Kier molecular flexibility index (Phi) is 4.41. The lowest BCUT2D eigenvalue weighted by atomic mass is 10.1. The van der Waals surface area contributed by atoms with Gasteiger partial charge in [-0.25, -0.2) is 0 Å². The van der Waals surface area contributed by atoms with Crippen molar-refractivity contribution in [3.8, 4) is 28.7 Å². The summed E-state index contributed by atoms with van der Waals surface area (Å²) >= 11 is 6.12. The number of aryl methyl sites for hydroxylation is 1. The molecule has 7 heteroatoms. The van der Waals surface area contributed by atoms with E-state index in [2.05, 4.69) is 15.2 Å². The number of aromatic nitrogens is 4. The molecule has 6 nitrogen and oxygen atoms in total. The van der Waals surface area contributed by atoms with Crippen LogP contribution < -0.4 is 5.56 Å². The highest BCUT2D eigenvalue weighted by Crippen LogP contribution is 2.27. The van der Waals surface area contributed by atoms with Crippen LogP contribution in [0.5, 0.6) is 0 Å². The zero-order chi connectivity index (χ0) is 20.7. The molecule has 0 aliphatic carbocycles. The van der Waals surface area contributed by atoms with Crippen molar-refractivity contribution >= 4 is 22.4 Å². The second-order valence-electron chi connectivity index (χ2n) is 6.88. The average Bonchev–Trinajstić information content (AvgIpc) is 3.25. The molecule has 2 heterocycles. The zero-order valence-electron chi connectivity index (χ0n) is 15.9. The van der Waals surface area contributed by atoms with Gasteiger partial charge in [-0.15, -0.1) is 0 Å². The summed E-state index contributed by atoms with van der Waals surface area (Å²) in [5.41, 5.74) is 2.70. The average molecular weight is 415 g/mol. The van der Waals surface area contributed by atoms with Gasteiger partial charge in [0.05, 0.1) is 11.1 Å². The smallest absolute Gasteiger partial charge is 0.279 e. The van der Waals surface area contributed by atoms with Gasteiger partial charge in [0, 0.05) is 16.0 Å². The van der Waals surface area contributed by atoms with E-state index >= 15 is 0 Å². The molecule has 0 spiro atoms. The number of halogens is 1. The SMILES string of the molecule is Cc1ccc(-c2noc(-c3nn(-c4cccc(Cl)c4)c(=O)c4ccccc34)n2)cc1. The highest BCUT2D eigenvalue weighted by molar-refractivity contribution is 6.30. The Labute approximate surface area is 176 Å². The Morgan fingerprint density at radius 3 is 2.47 bits per heavy atom. The van der Waals surface area contributed by atoms with Crippen LogP contribution in [0.25, 0.3) is 39.4 Å². The van der Waals surface area contributed by atoms with Crippen molar-refractivity contribution < 1.29 is 4.52 Å². The predicted octanol–water partition coefficient (Wildman–Crippen LogP) is 5.06. The van der Waals surface area contributed by atoms with Gasteiger partial charge in [-0.05, 0) is 31.2 Å². The Balaban J connectivity index is 1.72. The van der Waals surface area contributed by atoms with E-state index in [1.165, 1.54) is 4.68 Å². The Morgan fingerprint density at radius 1 is 0.933 bits per heavy atom. The fraction of sp³-hybridized carbons (Fsp3) is 0.0435. The maximum atomic E-state index is 13.1. The summed E-state index contributed by atoms with van der Waals surface area (Å²) in [5, 5.41) is 10.3. The summed E-state index contributed by atoms with van der Waals surface area (Å²) < 4.78 is 6.84. The fourth-order valence-electron chi connectivity index (χ4n) is 3.27. The van der Waals surface area contributed by atoms with Gasteiger partial charge in [0.2, 0.25) is 5.82 Å². The summed E-state index contributed by atoms with van der Waals surface area (Å²) in [5.74, 6) is 0.689. The molecule has 0 bridgehead atoms. The normalized spacial score (nSPS) is 11.1. The molecular formula is C23H15ClN4O2. The van der Waals surface area contributed by atoms with Gasteiger partial charge in [0.25, 0.3) is 11.4 Å². The first kappa shape index (κ1) is 18.3. The first-order valence-electron chi connectivity index (χ1n) is 9.29. The minimum Gasteiger partial charge on any atom is -0.332 e. The van der Waals surface area contributed by atoms with Crippen molar-refractivity contribution in [2.45, 2.75) is 6.92 Å². The molecule has 0 atom stereocenters. The standard InChI is InChI=1S/C23H15ClN4O2/c1-14-9-11-15(12-10-14)21-25-22(30-27-21)20-18-7-2-3-8-19(18)23(29)28(26-20)17-6-4-5-16(24)13-17/h2-13H,1H3. The van der Waals surface area contributed by atoms with Crippen LogP contribution >= 0.6 is 11.6 Å². The molecule has 0 unspecified atom stereocenters. The van der Waals surface area contributed by atoms with E-state index in [9.17, 15) is 4.79 Å². The molecule has 0 saturated carbocycles. The van der Waals surface area contributed by atoms with Crippen LogP contribution in [-0.4, -0.2) is 19.9 Å². The topological polar surface area (TPSA) is 73.8 Å². The van der Waals surface area contributed by atoms with Crippen LogP contribution in [0.3, 0.4) is 0 Å². The van der Waals surface area contributed by atoms with E-state index in [0.717, 1.165) is 11.1 Å². The number of nitrogens with zero attached hydrogens (tertiary/aromatic N) is 4. The summed E-state index contributed by atoms with van der Waals surface area (Å²) in [6.07, 6.45) is 0. The molecule has 5 rings (SSSR count). The lowest BCUT2D eigenvalue weighted by Crippen LogP contribution is -2.22. The van der Waals surface area contributed by atoms with E-state index < -0.39 is 0 Å². The molecule has 146 valence electrons. The lowest BCUT2D eigenvalue weighted by Gasteiger charge is -2.09. The van der Waals surface area contributed by atoms with Crippen molar-refractivity contribution in [1.29, 1.82) is 0 Å². The van der Waals surface area contributed by atoms with Crippen LogP contribution in [0.15, 0.2) is 82.1 Å². The van der Waals surface area contributed by atoms with Crippen LogP contribution in [0.2, 0.25) is 5.02 Å². The van der Waals surface area contributed by atoms with Crippen LogP contribution in [0.4, 0.5) is 0 Å². The van der Waals surface area contributed by atoms with Crippen molar-refractivity contribution in [3.63, 3.8) is 0 Å². The number of hydrogen-bond acceptors (Lipinski definition) is 5. The first-order chi connectivity index (χ1) is 14.6. The molecule has 0 amide bonds. The van der Waals surface area contributed by atoms with Crippen LogP contribution in [-0.2, 0) is 0 Å². The third kappa shape index (κ3) is 3.17. The lowest BCUT2D eigenvalue weighted by molar-refractivity contribution is 0.430. The van der Waals surface area contributed by atoms with Gasteiger partial charge >= 0.3 is 0 Å². The predicted molar refractivity (Wildman–Crippen MR) is 116 cm³/mol.